The molecule has 1 aliphatic carbocycles. The second-order valence-corrected chi connectivity index (χ2v) is 15.2. The molecule has 6 N–H and O–H groups in total. The second kappa shape index (κ2) is 22.8. The van der Waals surface area contributed by atoms with E-state index in [1.54, 1.807) is 28.8 Å². The van der Waals surface area contributed by atoms with Gasteiger partial charge in [-0.1, -0.05) is 85.9 Å². The fourth-order valence-corrected chi connectivity index (χ4v) is 7.35. The van der Waals surface area contributed by atoms with E-state index in [4.69, 9.17) is 26.4 Å². The third kappa shape index (κ3) is 14.2. The normalized spacial score (nSPS) is 18.9. The number of fused-ring (bicyclic) bond motifs is 1. The number of benzene rings is 1. The number of imidazole rings is 1. The third-order valence-corrected chi connectivity index (χ3v) is 10.6. The van der Waals surface area contributed by atoms with Gasteiger partial charge in [0.25, 0.3) is 5.56 Å². The van der Waals surface area contributed by atoms with E-state index in [1.165, 1.54) is 6.33 Å². The Hall–Kier alpha value is -4.52. The van der Waals surface area contributed by atoms with Gasteiger partial charge < -0.3 is 25.2 Å². The molecular formula is C40H53ClN7O6P. The lowest BCUT2D eigenvalue weighted by Gasteiger charge is -2.23. The minimum atomic E-state index is -4.02. The highest BCUT2D eigenvalue weighted by molar-refractivity contribution is 7.52. The summed E-state index contributed by atoms with van der Waals surface area (Å²) in [5.74, 6) is -0.562. The zero-order valence-electron chi connectivity index (χ0n) is 31.3. The topological polar surface area (TPSA) is 186 Å². The number of nitrogen functional groups attached to an aromatic ring is 1. The summed E-state index contributed by atoms with van der Waals surface area (Å²) in [6, 6.07) is 5.83. The number of amides is 1. The Bertz CT molecular complexity index is 1950. The van der Waals surface area contributed by atoms with Crippen LogP contribution in [-0.4, -0.2) is 56.3 Å². The summed E-state index contributed by atoms with van der Waals surface area (Å²) in [6.07, 6.45) is 28.9. The number of halogens is 1. The molecule has 4 rings (SSSR count). The van der Waals surface area contributed by atoms with Gasteiger partial charge in [-0.25, -0.2) is 14.6 Å². The van der Waals surface area contributed by atoms with Gasteiger partial charge in [0, 0.05) is 30.5 Å². The van der Waals surface area contributed by atoms with Crippen LogP contribution in [0.15, 0.2) is 108 Å². The lowest BCUT2D eigenvalue weighted by atomic mass is 10.0. The molecular weight excluding hydrogens is 741 g/mol. The molecule has 0 aliphatic heterocycles. The van der Waals surface area contributed by atoms with Gasteiger partial charge in [-0.05, 0) is 81.2 Å². The molecule has 0 spiro atoms. The Morgan fingerprint density at radius 1 is 1.05 bits per heavy atom. The van der Waals surface area contributed by atoms with Crippen molar-refractivity contribution in [2.45, 2.75) is 76.9 Å². The van der Waals surface area contributed by atoms with Crippen LogP contribution in [0.2, 0.25) is 5.02 Å². The highest BCUT2D eigenvalue weighted by Crippen LogP contribution is 2.47. The number of nitrogens with zero attached hydrogens (tertiary/aromatic N) is 3. The molecule has 13 nitrogen and oxygen atoms in total. The van der Waals surface area contributed by atoms with Crippen molar-refractivity contribution in [3.05, 3.63) is 119 Å². The fourth-order valence-electron chi connectivity index (χ4n) is 5.87. The highest BCUT2D eigenvalue weighted by Gasteiger charge is 2.40. The van der Waals surface area contributed by atoms with Crippen molar-refractivity contribution in [3.8, 4) is 5.75 Å². The first-order chi connectivity index (χ1) is 26.6. The smallest absolute Gasteiger partial charge is 0.413 e. The van der Waals surface area contributed by atoms with Gasteiger partial charge >= 0.3 is 7.75 Å². The lowest BCUT2D eigenvalue weighted by molar-refractivity contribution is -0.121. The summed E-state index contributed by atoms with van der Waals surface area (Å²) in [5, 5.41) is 17.1. The molecule has 1 saturated carbocycles. The van der Waals surface area contributed by atoms with Gasteiger partial charge in [0.1, 0.15) is 5.75 Å². The van der Waals surface area contributed by atoms with E-state index in [0.717, 1.165) is 38.5 Å². The van der Waals surface area contributed by atoms with E-state index in [1.807, 2.05) is 0 Å². The van der Waals surface area contributed by atoms with E-state index >= 15 is 0 Å². The molecule has 0 bridgehead atoms. The van der Waals surface area contributed by atoms with Crippen LogP contribution in [0.4, 0.5) is 5.95 Å². The quantitative estimate of drug-likeness (QED) is 0.0363. The zero-order valence-corrected chi connectivity index (χ0v) is 33.0. The zero-order chi connectivity index (χ0) is 39.5. The minimum absolute atomic E-state index is 0.0628. The molecule has 2 heterocycles. The molecule has 4 atom stereocenters. The standard InChI is InChI=1S/C40H53ClN7O6P/c1-3-4-5-6-7-8-9-10-11-12-13-14-15-16-17-18-19-20-36(50)43-25-26-45-55(52,54-32-23-21-31(41)22-24-32)53-28-33-30(2)34(27-35(33)49)48-29-44-37-38(48)46-40(42)47-39(37)51/h4-5,7-8,10-11,13-14,16-17,21-24,29,33-35,49H,2-3,6,9,12,15,18-20,25-28H2,1H3,(H,43,50)(H,45,52)(H3,42,46,47,51)/b5-4-,8-7-,11-10-,14-13-,17-16-/t33-,34-,35-,55?/m0/s1. The monoisotopic (exact) mass is 793 g/mol. The van der Waals surface area contributed by atoms with Gasteiger partial charge in [0.05, 0.1) is 25.1 Å². The molecule has 1 aromatic carbocycles. The first-order valence-electron chi connectivity index (χ1n) is 18.7. The molecule has 15 heteroatoms. The predicted molar refractivity (Wildman–Crippen MR) is 220 cm³/mol. The number of allylic oxidation sites excluding steroid dienone is 10. The molecule has 0 saturated heterocycles. The van der Waals surface area contributed by atoms with Gasteiger partial charge in [0.2, 0.25) is 11.9 Å². The maximum Gasteiger partial charge on any atom is 0.458 e. The maximum absolute atomic E-state index is 14.0. The average Bonchev–Trinajstić information content (AvgIpc) is 3.70. The summed E-state index contributed by atoms with van der Waals surface area (Å²) in [6.45, 7) is 6.39. The van der Waals surface area contributed by atoms with Crippen LogP contribution in [0.5, 0.6) is 5.75 Å². The van der Waals surface area contributed by atoms with Crippen LogP contribution in [0, 0.1) is 5.92 Å². The largest absolute Gasteiger partial charge is 0.458 e. The summed E-state index contributed by atoms with van der Waals surface area (Å²) < 4.78 is 27.3. The van der Waals surface area contributed by atoms with E-state index in [0.29, 0.717) is 23.4 Å². The van der Waals surface area contributed by atoms with Crippen LogP contribution in [0.1, 0.15) is 70.8 Å². The van der Waals surface area contributed by atoms with Crippen molar-refractivity contribution in [1.29, 1.82) is 0 Å². The number of hydrogen-bond donors (Lipinski definition) is 5. The van der Waals surface area contributed by atoms with Crippen molar-refractivity contribution in [2.75, 3.05) is 25.4 Å². The van der Waals surface area contributed by atoms with Gasteiger partial charge in [-0.15, -0.1) is 0 Å². The number of aromatic amines is 1. The molecule has 296 valence electrons. The van der Waals surface area contributed by atoms with Crippen LogP contribution < -0.4 is 26.2 Å². The van der Waals surface area contributed by atoms with E-state index in [2.05, 4.69) is 99.6 Å². The van der Waals surface area contributed by atoms with Crippen LogP contribution in [-0.2, 0) is 13.9 Å². The van der Waals surface area contributed by atoms with E-state index in [-0.39, 0.29) is 54.9 Å². The summed E-state index contributed by atoms with van der Waals surface area (Å²) >= 11 is 6.02. The fraction of sp³-hybridized carbons (Fsp3) is 0.400. The second-order valence-electron chi connectivity index (χ2n) is 13.0. The Morgan fingerprint density at radius 2 is 1.69 bits per heavy atom. The Labute approximate surface area is 327 Å². The number of unbranched alkanes of at least 4 members (excludes halogenated alkanes) is 1. The van der Waals surface area contributed by atoms with Crippen LogP contribution >= 0.6 is 19.3 Å². The Balaban J connectivity index is 1.19. The predicted octanol–water partition coefficient (Wildman–Crippen LogP) is 7.66. The number of aliphatic hydroxyl groups is 1. The Kier molecular flexibility index (Phi) is 17.9. The number of nitrogens with two attached hydrogens (primary N) is 1. The van der Waals surface area contributed by atoms with Gasteiger partial charge in [-0.2, -0.15) is 4.98 Å². The first kappa shape index (κ1) is 43.2. The van der Waals surface area contributed by atoms with Crippen molar-refractivity contribution in [3.63, 3.8) is 0 Å². The number of hydrogen-bond acceptors (Lipinski definition) is 9. The summed E-state index contributed by atoms with van der Waals surface area (Å²) in [4.78, 5) is 35.5. The first-order valence-corrected chi connectivity index (χ1v) is 20.6. The molecule has 2 aromatic heterocycles. The van der Waals surface area contributed by atoms with Crippen LogP contribution in [0.3, 0.4) is 0 Å². The number of aliphatic hydroxyl groups excluding tert-OH is 1. The van der Waals surface area contributed by atoms with Crippen molar-refractivity contribution >= 4 is 42.4 Å². The molecule has 1 amide bonds. The van der Waals surface area contributed by atoms with Crippen molar-refractivity contribution < 1.29 is 23.5 Å². The number of H-pyrrole nitrogens is 1. The Morgan fingerprint density at radius 3 is 2.35 bits per heavy atom. The van der Waals surface area contributed by atoms with E-state index in [9.17, 15) is 19.3 Å². The highest BCUT2D eigenvalue weighted by atomic mass is 35.5. The van der Waals surface area contributed by atoms with Crippen LogP contribution in [0.25, 0.3) is 11.2 Å². The van der Waals surface area contributed by atoms with Gasteiger partial charge in [-0.3, -0.25) is 19.1 Å². The third-order valence-electron chi connectivity index (χ3n) is 8.77. The number of anilines is 1. The number of carbonyl (C=O) groups is 1. The van der Waals surface area contributed by atoms with Crippen molar-refractivity contribution in [2.24, 2.45) is 5.92 Å². The molecule has 3 aromatic rings. The maximum atomic E-state index is 14.0. The van der Waals surface area contributed by atoms with Crippen molar-refractivity contribution in [1.82, 2.24) is 29.9 Å². The molecule has 1 aliphatic rings. The summed E-state index contributed by atoms with van der Waals surface area (Å²) in [5.41, 5.74) is 6.22. The summed E-state index contributed by atoms with van der Waals surface area (Å²) in [7, 11) is -4.02. The molecule has 1 fully saturated rings. The number of nitrogens with one attached hydrogen (secondary N) is 3. The lowest BCUT2D eigenvalue weighted by Crippen LogP contribution is -2.32. The average molecular weight is 794 g/mol. The molecule has 55 heavy (non-hydrogen) atoms. The minimum Gasteiger partial charge on any atom is -0.413 e. The molecule has 0 radical (unpaired) electrons. The number of aromatic nitrogens is 4. The number of carbonyl (C=O) groups excluding carboxylic acids is 1. The molecule has 1 unspecified atom stereocenters. The number of rotatable bonds is 23. The van der Waals surface area contributed by atoms with E-state index < -0.39 is 31.4 Å². The van der Waals surface area contributed by atoms with Gasteiger partial charge in [0.15, 0.2) is 11.2 Å². The SMILES string of the molecule is C=C1[C@H](COP(=O)(NCCNC(=O)CCC/C=C\C/C=C\C/C=C\C/C=C\C/C=C\CC)Oc2ccc(Cl)cc2)[C@@H](O)C[C@@H]1n1cnc2c(=O)[nH]c(N)nc21.